The van der Waals surface area contributed by atoms with Crippen LogP contribution in [0.1, 0.15) is 25.2 Å². The van der Waals surface area contributed by atoms with Gasteiger partial charge in [-0.2, -0.15) is 0 Å². The maximum Gasteiger partial charge on any atom is 0.0628 e. The molecule has 0 fully saturated rings. The molecule has 1 aromatic heterocycles. The van der Waals surface area contributed by atoms with Gasteiger partial charge in [0, 0.05) is 16.7 Å². The SMILES string of the molecule is Cc1cccc(CSC(C)C(C)O)n1. The Morgan fingerprint density at radius 1 is 1.43 bits per heavy atom. The first-order valence-electron chi connectivity index (χ1n) is 4.82. The Bertz CT molecular complexity index is 288. The molecule has 0 aromatic carbocycles. The number of hydrogen-bond donors (Lipinski definition) is 1. The monoisotopic (exact) mass is 211 g/mol. The Hall–Kier alpha value is -0.540. The van der Waals surface area contributed by atoms with Gasteiger partial charge in [0.2, 0.25) is 0 Å². The van der Waals surface area contributed by atoms with Crippen molar-refractivity contribution in [2.24, 2.45) is 0 Å². The van der Waals surface area contributed by atoms with E-state index >= 15 is 0 Å². The molecule has 1 heterocycles. The number of hydrogen-bond acceptors (Lipinski definition) is 3. The second-order valence-electron chi connectivity index (χ2n) is 3.53. The molecule has 1 N–H and O–H groups in total. The van der Waals surface area contributed by atoms with Gasteiger partial charge in [0.25, 0.3) is 0 Å². The van der Waals surface area contributed by atoms with E-state index in [2.05, 4.69) is 4.98 Å². The van der Waals surface area contributed by atoms with Crippen LogP contribution in [0.5, 0.6) is 0 Å². The van der Waals surface area contributed by atoms with E-state index in [9.17, 15) is 5.11 Å². The van der Waals surface area contributed by atoms with Crippen molar-refractivity contribution < 1.29 is 5.11 Å². The lowest BCUT2D eigenvalue weighted by Gasteiger charge is -2.13. The summed E-state index contributed by atoms with van der Waals surface area (Å²) in [7, 11) is 0. The molecule has 0 radical (unpaired) electrons. The maximum atomic E-state index is 9.31. The Morgan fingerprint density at radius 2 is 2.14 bits per heavy atom. The van der Waals surface area contributed by atoms with E-state index in [0.717, 1.165) is 17.1 Å². The van der Waals surface area contributed by atoms with Crippen molar-refractivity contribution in [2.45, 2.75) is 37.9 Å². The van der Waals surface area contributed by atoms with E-state index < -0.39 is 0 Å². The summed E-state index contributed by atoms with van der Waals surface area (Å²) in [5.74, 6) is 0.869. The quantitative estimate of drug-likeness (QED) is 0.830. The molecule has 3 heteroatoms. The molecular formula is C11H17NOS. The zero-order valence-electron chi connectivity index (χ0n) is 8.90. The van der Waals surface area contributed by atoms with Crippen LogP contribution in [0.2, 0.25) is 0 Å². The molecule has 2 unspecified atom stereocenters. The van der Waals surface area contributed by atoms with E-state index in [1.807, 2.05) is 39.0 Å². The van der Waals surface area contributed by atoms with Crippen LogP contribution < -0.4 is 0 Å². The number of thioether (sulfide) groups is 1. The van der Waals surface area contributed by atoms with Crippen molar-refractivity contribution in [1.82, 2.24) is 4.98 Å². The Labute approximate surface area is 89.8 Å². The molecule has 0 aliphatic rings. The van der Waals surface area contributed by atoms with Gasteiger partial charge in [0.05, 0.1) is 11.8 Å². The minimum atomic E-state index is -0.259. The minimum Gasteiger partial charge on any atom is -0.392 e. The van der Waals surface area contributed by atoms with Gasteiger partial charge in [-0.15, -0.1) is 11.8 Å². The van der Waals surface area contributed by atoms with Crippen LogP contribution >= 0.6 is 11.8 Å². The molecule has 0 aliphatic carbocycles. The lowest BCUT2D eigenvalue weighted by atomic mass is 10.3. The number of rotatable bonds is 4. The van der Waals surface area contributed by atoms with Gasteiger partial charge in [-0.25, -0.2) is 0 Å². The van der Waals surface area contributed by atoms with Gasteiger partial charge in [-0.1, -0.05) is 13.0 Å². The summed E-state index contributed by atoms with van der Waals surface area (Å²) in [6.45, 7) is 5.85. The zero-order valence-corrected chi connectivity index (χ0v) is 9.71. The predicted octanol–water partition coefficient (Wildman–Crippen LogP) is 2.39. The lowest BCUT2D eigenvalue weighted by Crippen LogP contribution is -2.15. The third-order valence-corrected chi connectivity index (χ3v) is 3.50. The number of aliphatic hydroxyl groups excluding tert-OH is 1. The number of pyridine rings is 1. The van der Waals surface area contributed by atoms with Gasteiger partial charge >= 0.3 is 0 Å². The molecule has 0 aliphatic heterocycles. The fourth-order valence-electron chi connectivity index (χ4n) is 1.04. The molecule has 0 saturated carbocycles. The Balaban J connectivity index is 2.45. The highest BCUT2D eigenvalue weighted by molar-refractivity contribution is 7.99. The number of nitrogens with zero attached hydrogens (tertiary/aromatic N) is 1. The summed E-state index contributed by atoms with van der Waals surface area (Å²) in [6, 6.07) is 6.03. The van der Waals surface area contributed by atoms with Gasteiger partial charge < -0.3 is 5.11 Å². The first-order chi connectivity index (χ1) is 6.59. The standard InChI is InChI=1S/C11H17NOS/c1-8-5-4-6-11(12-8)7-14-10(3)9(2)13/h4-6,9-10,13H,7H2,1-3H3. The first kappa shape index (κ1) is 11.5. The van der Waals surface area contributed by atoms with Gasteiger partial charge in [0.1, 0.15) is 0 Å². The molecule has 2 nitrogen and oxygen atoms in total. The summed E-state index contributed by atoms with van der Waals surface area (Å²) in [5, 5.41) is 9.57. The van der Waals surface area contributed by atoms with Crippen LogP contribution in [0.25, 0.3) is 0 Å². The molecule has 0 spiro atoms. The first-order valence-corrected chi connectivity index (χ1v) is 5.86. The molecule has 14 heavy (non-hydrogen) atoms. The van der Waals surface area contributed by atoms with Crippen LogP contribution in [-0.4, -0.2) is 21.4 Å². The second kappa shape index (κ2) is 5.37. The van der Waals surface area contributed by atoms with E-state index in [1.54, 1.807) is 11.8 Å². The van der Waals surface area contributed by atoms with Crippen molar-refractivity contribution in [1.29, 1.82) is 0 Å². The molecule has 1 aromatic rings. The van der Waals surface area contributed by atoms with E-state index in [4.69, 9.17) is 0 Å². The topological polar surface area (TPSA) is 33.1 Å². The summed E-state index contributed by atoms with van der Waals surface area (Å²) >= 11 is 1.73. The van der Waals surface area contributed by atoms with Crippen molar-refractivity contribution in [3.8, 4) is 0 Å². The smallest absolute Gasteiger partial charge is 0.0628 e. The van der Waals surface area contributed by atoms with Crippen LogP contribution in [0.3, 0.4) is 0 Å². The van der Waals surface area contributed by atoms with Crippen LogP contribution in [0.4, 0.5) is 0 Å². The fraction of sp³-hybridized carbons (Fsp3) is 0.545. The number of aryl methyl sites for hydroxylation is 1. The van der Waals surface area contributed by atoms with Crippen LogP contribution in [0.15, 0.2) is 18.2 Å². The van der Waals surface area contributed by atoms with Crippen molar-refractivity contribution in [3.05, 3.63) is 29.6 Å². The summed E-state index contributed by atoms with van der Waals surface area (Å²) in [4.78, 5) is 4.40. The summed E-state index contributed by atoms with van der Waals surface area (Å²) in [6.07, 6.45) is -0.259. The highest BCUT2D eigenvalue weighted by atomic mass is 32.2. The third kappa shape index (κ3) is 3.68. The fourth-order valence-corrected chi connectivity index (χ4v) is 1.91. The van der Waals surface area contributed by atoms with Crippen molar-refractivity contribution in [3.63, 3.8) is 0 Å². The average Bonchev–Trinajstić information content (AvgIpc) is 2.14. The summed E-state index contributed by atoms with van der Waals surface area (Å²) in [5.41, 5.74) is 2.13. The Morgan fingerprint density at radius 3 is 2.71 bits per heavy atom. The maximum absolute atomic E-state index is 9.31. The average molecular weight is 211 g/mol. The van der Waals surface area contributed by atoms with E-state index in [1.165, 1.54) is 0 Å². The molecule has 0 bridgehead atoms. The number of aliphatic hydroxyl groups is 1. The predicted molar refractivity (Wildman–Crippen MR) is 61.4 cm³/mol. The Kier molecular flexibility index (Phi) is 4.42. The van der Waals surface area contributed by atoms with Gasteiger partial charge in [0.15, 0.2) is 0 Å². The van der Waals surface area contributed by atoms with Crippen molar-refractivity contribution in [2.75, 3.05) is 0 Å². The third-order valence-electron chi connectivity index (χ3n) is 2.12. The molecule has 0 amide bonds. The molecule has 0 saturated heterocycles. The van der Waals surface area contributed by atoms with Gasteiger partial charge in [-0.3, -0.25) is 4.98 Å². The lowest BCUT2D eigenvalue weighted by molar-refractivity contribution is 0.196. The van der Waals surface area contributed by atoms with E-state index in [-0.39, 0.29) is 11.4 Å². The number of aromatic nitrogens is 1. The highest BCUT2D eigenvalue weighted by Gasteiger charge is 2.09. The normalized spacial score (nSPS) is 15.1. The van der Waals surface area contributed by atoms with Crippen molar-refractivity contribution >= 4 is 11.8 Å². The zero-order chi connectivity index (χ0) is 10.6. The highest BCUT2D eigenvalue weighted by Crippen LogP contribution is 2.18. The molecule has 1 rings (SSSR count). The van der Waals surface area contributed by atoms with E-state index in [0.29, 0.717) is 0 Å². The molecule has 2 atom stereocenters. The van der Waals surface area contributed by atoms with Crippen LogP contribution in [-0.2, 0) is 5.75 Å². The largest absolute Gasteiger partial charge is 0.392 e. The second-order valence-corrected chi connectivity index (χ2v) is 4.89. The minimum absolute atomic E-state index is 0.259. The molecular weight excluding hydrogens is 194 g/mol. The summed E-state index contributed by atoms with van der Waals surface area (Å²) < 4.78 is 0. The molecule has 78 valence electrons. The van der Waals surface area contributed by atoms with Gasteiger partial charge in [-0.05, 0) is 26.0 Å². The van der Waals surface area contributed by atoms with Crippen LogP contribution in [0, 0.1) is 6.92 Å².